The number of phenols is 4. The zero-order valence-electron chi connectivity index (χ0n) is 54.5. The van der Waals surface area contributed by atoms with Gasteiger partial charge in [0, 0.05) is 69.4 Å². The van der Waals surface area contributed by atoms with Gasteiger partial charge in [-0.05, 0) is 116 Å². The molecule has 0 amide bonds. The molecule has 80 heavy (non-hydrogen) atoms. The lowest BCUT2D eigenvalue weighted by Gasteiger charge is -2.28. The van der Waals surface area contributed by atoms with Crippen LogP contribution in [0.15, 0.2) is 68.5 Å². The van der Waals surface area contributed by atoms with Crippen LogP contribution in [0, 0.1) is 0 Å². The van der Waals surface area contributed by atoms with Crippen LogP contribution in [0.3, 0.4) is 0 Å². The number of hydrogen-bond acceptors (Lipinski definition) is 8. The van der Waals surface area contributed by atoms with Crippen LogP contribution in [0.25, 0.3) is 0 Å². The average Bonchev–Trinajstić information content (AvgIpc) is 3.30. The van der Waals surface area contributed by atoms with Crippen LogP contribution in [0.4, 0.5) is 0 Å². The summed E-state index contributed by atoms with van der Waals surface area (Å²) >= 11 is 0. The zero-order chi connectivity index (χ0) is 60.5. The highest BCUT2D eigenvalue weighted by Gasteiger charge is 2.31. The van der Waals surface area contributed by atoms with E-state index in [0.29, 0.717) is 23.0 Å². The molecule has 8 nitrogen and oxygen atoms in total. The molecule has 2 aliphatic rings. The first-order valence-electron chi connectivity index (χ1n) is 30.0. The van der Waals surface area contributed by atoms with Crippen molar-refractivity contribution in [3.05, 3.63) is 115 Å². The molecule has 0 saturated heterocycles. The summed E-state index contributed by atoms with van der Waals surface area (Å²) < 4.78 is 0. The fraction of sp³-hybridized carbons (Fsp3) is 0.611. The maximum Gasteiger partial charge on any atom is 0.128 e. The molecule has 0 aromatic heterocycles. The third-order valence-electron chi connectivity index (χ3n) is 16.3. The van der Waals surface area contributed by atoms with E-state index in [9.17, 15) is 20.4 Å². The van der Waals surface area contributed by atoms with E-state index >= 15 is 0 Å². The van der Waals surface area contributed by atoms with Gasteiger partial charge in [-0.15, -0.1) is 0 Å². The third-order valence-corrected chi connectivity index (χ3v) is 16.3. The minimum Gasteiger partial charge on any atom is -0.507 e. The van der Waals surface area contributed by atoms with Gasteiger partial charge < -0.3 is 20.4 Å². The van der Waals surface area contributed by atoms with Crippen molar-refractivity contribution in [1.82, 2.24) is 0 Å². The van der Waals surface area contributed by atoms with E-state index in [1.807, 2.05) is 24.9 Å². The SMILES string of the molecule is CC(C)(C)c1cc(C=N[C@@H]2CCCC[C@H]2N=Cc2cc(C(C)(C)C)cc(C(C)(C)C)c2O)c(O)c(C(C)(C)C)c1.CC(C)(C)c1cc(C=N[C@@H]2CCCC[C@H]2N=Cc2cc(C(C)(C)C)cc(C(C)(C)C)c2O)c(O)c(C(C)(C)C)c1. The summed E-state index contributed by atoms with van der Waals surface area (Å²) in [5, 5.41) is 44.9. The van der Waals surface area contributed by atoms with Crippen molar-refractivity contribution in [3.8, 4) is 23.0 Å². The number of phenolic OH excluding ortho intramolecular Hbond substituents is 4. The second-order valence-electron chi connectivity index (χ2n) is 31.8. The van der Waals surface area contributed by atoms with E-state index in [-0.39, 0.29) is 67.5 Å². The summed E-state index contributed by atoms with van der Waals surface area (Å²) in [5.41, 5.74) is 10.8. The number of hydrogen-bond donors (Lipinski definition) is 4. The molecule has 4 N–H and O–H groups in total. The smallest absolute Gasteiger partial charge is 0.128 e. The predicted octanol–water partition coefficient (Wildman–Crippen LogP) is 18.3. The number of rotatable bonds is 8. The molecule has 0 heterocycles. The fourth-order valence-corrected chi connectivity index (χ4v) is 10.6. The highest BCUT2D eigenvalue weighted by molar-refractivity contribution is 5.88. The zero-order valence-corrected chi connectivity index (χ0v) is 54.5. The van der Waals surface area contributed by atoms with Crippen molar-refractivity contribution in [2.24, 2.45) is 20.0 Å². The van der Waals surface area contributed by atoms with E-state index in [2.05, 4.69) is 215 Å². The summed E-state index contributed by atoms with van der Waals surface area (Å²) in [5.74, 6) is 1.27. The third kappa shape index (κ3) is 16.9. The van der Waals surface area contributed by atoms with Gasteiger partial charge in [-0.2, -0.15) is 0 Å². The Bertz CT molecular complexity index is 2520. The van der Waals surface area contributed by atoms with E-state index in [0.717, 1.165) is 95.9 Å². The Balaban J connectivity index is 0.000000294. The molecule has 8 heteroatoms. The molecule has 2 saturated carbocycles. The Morgan fingerprint density at radius 2 is 0.438 bits per heavy atom. The molecular formula is C72H108N4O4. The van der Waals surface area contributed by atoms with Crippen molar-refractivity contribution >= 4 is 24.9 Å². The van der Waals surface area contributed by atoms with E-state index < -0.39 is 0 Å². The highest BCUT2D eigenvalue weighted by Crippen LogP contribution is 2.42. The summed E-state index contributed by atoms with van der Waals surface area (Å²) in [7, 11) is 0. The quantitative estimate of drug-likeness (QED) is 0.131. The van der Waals surface area contributed by atoms with Crippen LogP contribution in [-0.4, -0.2) is 69.5 Å². The molecule has 4 aromatic rings. The predicted molar refractivity (Wildman–Crippen MR) is 344 cm³/mol. The van der Waals surface area contributed by atoms with Gasteiger partial charge in [0.05, 0.1) is 24.2 Å². The van der Waals surface area contributed by atoms with Gasteiger partial charge in [0.1, 0.15) is 23.0 Å². The maximum atomic E-state index is 11.2. The first-order valence-corrected chi connectivity index (χ1v) is 30.0. The molecule has 0 aliphatic heterocycles. The Morgan fingerprint density at radius 3 is 0.575 bits per heavy atom. The molecule has 0 spiro atoms. The van der Waals surface area contributed by atoms with Crippen molar-refractivity contribution < 1.29 is 20.4 Å². The molecule has 0 radical (unpaired) electrons. The standard InChI is InChI=1S/2C36H54N2O2/c2*1-33(2,3)25-17-23(31(39)27(19-25)35(7,8)9)21-37-29-15-13-14-16-30(29)38-22-24-18-26(34(4,5)6)20-28(32(24)40)36(10,11)12/h2*17-22,29-30,39-40H,13-16H2,1-12H3/t2*29-,30-/m11/s1. The van der Waals surface area contributed by atoms with Crippen molar-refractivity contribution in [2.45, 2.75) is 285 Å². The van der Waals surface area contributed by atoms with E-state index in [4.69, 9.17) is 20.0 Å². The molecule has 2 aliphatic carbocycles. The largest absolute Gasteiger partial charge is 0.507 e. The van der Waals surface area contributed by atoms with Crippen LogP contribution >= 0.6 is 0 Å². The van der Waals surface area contributed by atoms with Crippen LogP contribution in [0.2, 0.25) is 0 Å². The maximum absolute atomic E-state index is 11.2. The monoisotopic (exact) mass is 1090 g/mol. The van der Waals surface area contributed by atoms with Crippen LogP contribution in [-0.2, 0) is 43.3 Å². The van der Waals surface area contributed by atoms with Gasteiger partial charge >= 0.3 is 0 Å². The molecule has 2 fully saturated rings. The van der Waals surface area contributed by atoms with E-state index in [1.54, 1.807) is 0 Å². The number of benzene rings is 4. The lowest BCUT2D eigenvalue weighted by Crippen LogP contribution is -2.27. The Kier molecular flexibility index (Phi) is 19.9. The normalized spacial score (nSPS) is 19.6. The molecule has 6 rings (SSSR count). The van der Waals surface area contributed by atoms with Crippen LogP contribution in [0.5, 0.6) is 23.0 Å². The summed E-state index contributed by atoms with van der Waals surface area (Å²) in [4.78, 5) is 20.1. The van der Waals surface area contributed by atoms with Gasteiger partial charge in [0.15, 0.2) is 0 Å². The molecular weight excluding hydrogens is 985 g/mol. The van der Waals surface area contributed by atoms with Gasteiger partial charge in [0.2, 0.25) is 0 Å². The number of nitrogens with zero attached hydrogens (tertiary/aromatic N) is 4. The molecule has 4 aromatic carbocycles. The van der Waals surface area contributed by atoms with Crippen molar-refractivity contribution in [1.29, 1.82) is 0 Å². The molecule has 4 atom stereocenters. The first kappa shape index (κ1) is 65.6. The topological polar surface area (TPSA) is 130 Å². The van der Waals surface area contributed by atoms with Crippen LogP contribution < -0.4 is 0 Å². The van der Waals surface area contributed by atoms with Gasteiger partial charge in [-0.3, -0.25) is 20.0 Å². The second kappa shape index (κ2) is 24.3. The minimum atomic E-state index is -0.179. The molecule has 0 unspecified atom stereocenters. The Morgan fingerprint density at radius 1 is 0.275 bits per heavy atom. The van der Waals surface area contributed by atoms with Crippen molar-refractivity contribution in [3.63, 3.8) is 0 Å². The Hall–Kier alpha value is -5.24. The summed E-state index contributed by atoms with van der Waals surface area (Å²) in [6, 6.07) is 17.1. The second-order valence-corrected chi connectivity index (χ2v) is 31.8. The molecule has 440 valence electrons. The number of aromatic hydroxyl groups is 4. The average molecular weight is 1090 g/mol. The fourth-order valence-electron chi connectivity index (χ4n) is 10.6. The molecule has 0 bridgehead atoms. The van der Waals surface area contributed by atoms with Crippen molar-refractivity contribution in [2.75, 3.05) is 0 Å². The summed E-state index contributed by atoms with van der Waals surface area (Å²) in [6.45, 7) is 52.1. The van der Waals surface area contributed by atoms with Gasteiger partial charge in [0.25, 0.3) is 0 Å². The Labute approximate surface area is 486 Å². The van der Waals surface area contributed by atoms with Gasteiger partial charge in [-0.25, -0.2) is 0 Å². The lowest BCUT2D eigenvalue weighted by molar-refractivity contribution is 0.389. The first-order chi connectivity index (χ1) is 36.4. The van der Waals surface area contributed by atoms with Gasteiger partial charge in [-0.1, -0.05) is 216 Å². The minimum absolute atomic E-state index is 0.0378. The van der Waals surface area contributed by atoms with Crippen LogP contribution in [0.1, 0.15) is 284 Å². The number of aliphatic imine (C=N–C) groups is 4. The summed E-state index contributed by atoms with van der Waals surface area (Å²) in [6.07, 6.45) is 15.8. The highest BCUT2D eigenvalue weighted by atomic mass is 16.3. The lowest BCUT2D eigenvalue weighted by atomic mass is 9.79. The van der Waals surface area contributed by atoms with E-state index in [1.165, 1.54) is 22.3 Å².